The largest absolute Gasteiger partial charge is 0.342 e. The van der Waals surface area contributed by atoms with Gasteiger partial charge in [0.05, 0.1) is 17.9 Å². The summed E-state index contributed by atoms with van der Waals surface area (Å²) in [7, 11) is 0. The Bertz CT molecular complexity index is 506. The Morgan fingerprint density at radius 2 is 2.28 bits per heavy atom. The van der Waals surface area contributed by atoms with E-state index in [-0.39, 0.29) is 17.6 Å². The zero-order chi connectivity index (χ0) is 13.0. The zero-order valence-corrected chi connectivity index (χ0v) is 10.3. The topological polar surface area (TPSA) is 83.6 Å². The average Bonchev–Trinajstić information content (AvgIpc) is 2.91. The van der Waals surface area contributed by atoms with Gasteiger partial charge in [-0.25, -0.2) is 0 Å². The van der Waals surface area contributed by atoms with Crippen molar-refractivity contribution in [3.05, 3.63) is 41.5 Å². The van der Waals surface area contributed by atoms with Crippen LogP contribution in [-0.4, -0.2) is 26.3 Å². The first-order valence-corrected chi connectivity index (χ1v) is 5.80. The molecule has 0 aliphatic rings. The molecule has 1 atom stereocenters. The molecule has 0 fully saturated rings. The molecular weight excluding hydrogens is 230 g/mol. The summed E-state index contributed by atoms with van der Waals surface area (Å²) in [4.78, 5) is 16.2. The molecule has 2 rings (SSSR count). The lowest BCUT2D eigenvalue weighted by molar-refractivity contribution is 0.0929. The Hall–Kier alpha value is -2.24. The van der Waals surface area contributed by atoms with Gasteiger partial charge in [-0.05, 0) is 25.0 Å². The molecule has 2 heterocycles. The summed E-state index contributed by atoms with van der Waals surface area (Å²) in [5.74, 6) is -0.252. The lowest BCUT2D eigenvalue weighted by Crippen LogP contribution is -2.29. The van der Waals surface area contributed by atoms with Gasteiger partial charge >= 0.3 is 0 Å². The number of hydrogen-bond acceptors (Lipinski definition) is 4. The van der Waals surface area contributed by atoms with Crippen LogP contribution < -0.4 is 5.32 Å². The molecular formula is C12H15N5O. The third-order valence-corrected chi connectivity index (χ3v) is 2.65. The molecule has 0 aliphatic carbocycles. The summed E-state index contributed by atoms with van der Waals surface area (Å²) in [6, 6.07) is 3.79. The van der Waals surface area contributed by atoms with Gasteiger partial charge in [0.1, 0.15) is 0 Å². The van der Waals surface area contributed by atoms with Crippen molar-refractivity contribution < 1.29 is 4.79 Å². The van der Waals surface area contributed by atoms with Gasteiger partial charge in [-0.3, -0.25) is 9.78 Å². The number of amides is 1. The molecule has 1 amide bonds. The van der Waals surface area contributed by atoms with Crippen molar-refractivity contribution in [2.45, 2.75) is 26.3 Å². The van der Waals surface area contributed by atoms with Gasteiger partial charge in [0.2, 0.25) is 0 Å². The van der Waals surface area contributed by atoms with Gasteiger partial charge in [0.15, 0.2) is 5.69 Å². The molecule has 0 saturated carbocycles. The number of pyridine rings is 1. The molecule has 0 radical (unpaired) electrons. The number of aromatic amines is 1. The maximum absolute atomic E-state index is 11.9. The Labute approximate surface area is 105 Å². The molecule has 6 nitrogen and oxygen atoms in total. The van der Waals surface area contributed by atoms with Crippen LogP contribution in [0.2, 0.25) is 0 Å². The first-order chi connectivity index (χ1) is 8.70. The van der Waals surface area contributed by atoms with E-state index in [1.165, 1.54) is 6.20 Å². The first kappa shape index (κ1) is 12.2. The number of hydrogen-bond donors (Lipinski definition) is 2. The highest BCUT2D eigenvalue weighted by atomic mass is 16.2. The molecule has 2 N–H and O–H groups in total. The van der Waals surface area contributed by atoms with Crippen molar-refractivity contribution in [2.24, 2.45) is 0 Å². The van der Waals surface area contributed by atoms with E-state index < -0.39 is 0 Å². The van der Waals surface area contributed by atoms with E-state index >= 15 is 0 Å². The van der Waals surface area contributed by atoms with Crippen LogP contribution in [-0.2, 0) is 0 Å². The molecule has 1 unspecified atom stereocenters. The highest BCUT2D eigenvalue weighted by Crippen LogP contribution is 2.14. The van der Waals surface area contributed by atoms with E-state index in [0.29, 0.717) is 0 Å². The van der Waals surface area contributed by atoms with E-state index in [9.17, 15) is 4.79 Å². The van der Waals surface area contributed by atoms with Crippen LogP contribution in [0.4, 0.5) is 0 Å². The maximum atomic E-state index is 11.9. The first-order valence-electron chi connectivity index (χ1n) is 5.80. The van der Waals surface area contributed by atoms with Crippen molar-refractivity contribution in [2.75, 3.05) is 0 Å². The molecule has 2 aromatic heterocycles. The number of H-pyrrole nitrogens is 1. The smallest absolute Gasteiger partial charge is 0.273 e. The van der Waals surface area contributed by atoms with Gasteiger partial charge < -0.3 is 5.32 Å². The van der Waals surface area contributed by atoms with Gasteiger partial charge in [-0.1, -0.05) is 13.0 Å². The van der Waals surface area contributed by atoms with E-state index in [0.717, 1.165) is 17.7 Å². The fourth-order valence-corrected chi connectivity index (χ4v) is 1.61. The molecule has 0 aliphatic heterocycles. The average molecular weight is 245 g/mol. The molecule has 94 valence electrons. The van der Waals surface area contributed by atoms with Gasteiger partial charge in [0.25, 0.3) is 5.91 Å². The van der Waals surface area contributed by atoms with E-state index in [1.54, 1.807) is 6.20 Å². The number of carbonyl (C=O) groups excluding carboxylic acids is 1. The number of aryl methyl sites for hydroxylation is 1. The van der Waals surface area contributed by atoms with Crippen molar-refractivity contribution in [3.63, 3.8) is 0 Å². The van der Waals surface area contributed by atoms with Crippen molar-refractivity contribution in [1.29, 1.82) is 0 Å². The predicted molar refractivity (Wildman–Crippen MR) is 65.9 cm³/mol. The normalized spacial score (nSPS) is 12.1. The highest BCUT2D eigenvalue weighted by Gasteiger charge is 2.16. The van der Waals surface area contributed by atoms with E-state index in [1.807, 2.05) is 26.0 Å². The quantitative estimate of drug-likeness (QED) is 0.852. The molecule has 0 saturated heterocycles. The number of rotatable bonds is 4. The second-order valence-electron chi connectivity index (χ2n) is 4.05. The van der Waals surface area contributed by atoms with Crippen LogP contribution in [0, 0.1) is 6.92 Å². The Balaban J connectivity index is 2.10. The summed E-state index contributed by atoms with van der Waals surface area (Å²) >= 11 is 0. The molecule has 0 bridgehead atoms. The Morgan fingerprint density at radius 3 is 2.83 bits per heavy atom. The molecule has 6 heteroatoms. The minimum Gasteiger partial charge on any atom is -0.342 e. The van der Waals surface area contributed by atoms with E-state index in [4.69, 9.17) is 0 Å². The monoisotopic (exact) mass is 245 g/mol. The lowest BCUT2D eigenvalue weighted by atomic mass is 10.1. The van der Waals surface area contributed by atoms with E-state index in [2.05, 4.69) is 25.7 Å². The van der Waals surface area contributed by atoms with Gasteiger partial charge in [-0.2, -0.15) is 15.4 Å². The number of aromatic nitrogens is 4. The third-order valence-electron chi connectivity index (χ3n) is 2.65. The van der Waals surface area contributed by atoms with Crippen molar-refractivity contribution in [1.82, 2.24) is 25.7 Å². The highest BCUT2D eigenvalue weighted by molar-refractivity contribution is 5.92. The minimum absolute atomic E-state index is 0.116. The fourth-order valence-electron chi connectivity index (χ4n) is 1.61. The summed E-state index contributed by atoms with van der Waals surface area (Å²) < 4.78 is 0. The third kappa shape index (κ3) is 2.71. The lowest BCUT2D eigenvalue weighted by Gasteiger charge is -2.15. The SMILES string of the molecule is CCC(NC(=O)c1cn[nH]n1)c1ccc(C)cn1. The summed E-state index contributed by atoms with van der Waals surface area (Å²) in [6.45, 7) is 3.97. The molecule has 0 spiro atoms. The van der Waals surface area contributed by atoms with Crippen molar-refractivity contribution >= 4 is 5.91 Å². The molecule has 0 aromatic carbocycles. The van der Waals surface area contributed by atoms with Gasteiger partial charge in [0, 0.05) is 6.20 Å². The summed E-state index contributed by atoms with van der Waals surface area (Å²) in [5, 5.41) is 12.6. The summed E-state index contributed by atoms with van der Waals surface area (Å²) in [6.07, 6.45) is 3.95. The summed E-state index contributed by atoms with van der Waals surface area (Å²) in [5.41, 5.74) is 2.22. The Kier molecular flexibility index (Phi) is 3.66. The fraction of sp³-hybridized carbons (Fsp3) is 0.333. The van der Waals surface area contributed by atoms with Crippen LogP contribution in [0.25, 0.3) is 0 Å². The molecule has 2 aromatic rings. The maximum Gasteiger partial charge on any atom is 0.273 e. The zero-order valence-electron chi connectivity index (χ0n) is 10.3. The number of nitrogens with one attached hydrogen (secondary N) is 2. The van der Waals surface area contributed by atoms with Crippen LogP contribution in [0.3, 0.4) is 0 Å². The van der Waals surface area contributed by atoms with Crippen LogP contribution in [0.5, 0.6) is 0 Å². The van der Waals surface area contributed by atoms with Gasteiger partial charge in [-0.15, -0.1) is 0 Å². The standard InChI is InChI=1S/C12H15N5O/c1-3-9(10-5-4-8(2)6-13-10)15-12(18)11-7-14-17-16-11/h4-7,9H,3H2,1-2H3,(H,15,18)(H,14,16,17). The van der Waals surface area contributed by atoms with Crippen LogP contribution in [0.1, 0.15) is 41.1 Å². The number of nitrogens with zero attached hydrogens (tertiary/aromatic N) is 3. The minimum atomic E-state index is -0.252. The Morgan fingerprint density at radius 1 is 1.44 bits per heavy atom. The van der Waals surface area contributed by atoms with Crippen LogP contribution in [0.15, 0.2) is 24.5 Å². The van der Waals surface area contributed by atoms with Crippen LogP contribution >= 0.6 is 0 Å². The van der Waals surface area contributed by atoms with Crippen molar-refractivity contribution in [3.8, 4) is 0 Å². The number of carbonyl (C=O) groups is 1. The second-order valence-corrected chi connectivity index (χ2v) is 4.05. The second kappa shape index (κ2) is 5.39. The molecule has 18 heavy (non-hydrogen) atoms. The predicted octanol–water partition coefficient (Wildman–Crippen LogP) is 1.39.